The smallest absolute Gasteiger partial charge is 0.227 e. The second-order valence-electron chi connectivity index (χ2n) is 7.69. The number of hydrogen-bond acceptors (Lipinski definition) is 8. The van der Waals surface area contributed by atoms with Gasteiger partial charge in [0.25, 0.3) is 0 Å². The maximum absolute atomic E-state index is 9.99. The monoisotopic (exact) mass is 460 g/mol. The SMILES string of the molecule is C=C(NCc1c(O)ccc(Cl)c1C)OCCCCCC=Nc1c(C)nc(N(C)C)nc1N. The lowest BCUT2D eigenvalue weighted by Gasteiger charge is -2.14. The Morgan fingerprint density at radius 2 is 2.03 bits per heavy atom. The molecule has 8 nitrogen and oxygen atoms in total. The summed E-state index contributed by atoms with van der Waals surface area (Å²) in [5.41, 5.74) is 8.97. The van der Waals surface area contributed by atoms with Gasteiger partial charge in [0.2, 0.25) is 5.95 Å². The Kier molecular flexibility index (Phi) is 9.59. The summed E-state index contributed by atoms with van der Waals surface area (Å²) in [5, 5.41) is 13.7. The highest BCUT2D eigenvalue weighted by Crippen LogP contribution is 2.27. The summed E-state index contributed by atoms with van der Waals surface area (Å²) in [6, 6.07) is 3.26. The third-order valence-corrected chi connectivity index (χ3v) is 5.33. The summed E-state index contributed by atoms with van der Waals surface area (Å²) < 4.78 is 5.62. The molecule has 0 atom stereocenters. The number of nitrogens with two attached hydrogens (primary N) is 1. The number of aryl methyl sites for hydroxylation is 1. The minimum Gasteiger partial charge on any atom is -0.508 e. The van der Waals surface area contributed by atoms with Gasteiger partial charge in [-0.05, 0) is 63.8 Å². The van der Waals surface area contributed by atoms with E-state index in [0.717, 1.165) is 42.5 Å². The largest absolute Gasteiger partial charge is 0.508 e. The average molecular weight is 461 g/mol. The minimum absolute atomic E-state index is 0.200. The van der Waals surface area contributed by atoms with Crippen LogP contribution in [-0.2, 0) is 11.3 Å². The number of aliphatic imine (C=N–C) groups is 1. The van der Waals surface area contributed by atoms with E-state index >= 15 is 0 Å². The Hall–Kier alpha value is -3.00. The minimum atomic E-state index is 0.200. The van der Waals surface area contributed by atoms with Crippen molar-refractivity contribution in [3.63, 3.8) is 0 Å². The highest BCUT2D eigenvalue weighted by atomic mass is 35.5. The molecule has 0 unspecified atom stereocenters. The van der Waals surface area contributed by atoms with Crippen molar-refractivity contribution in [2.45, 2.75) is 46.1 Å². The number of unbranched alkanes of at least 4 members (excludes halogenated alkanes) is 3. The van der Waals surface area contributed by atoms with E-state index in [-0.39, 0.29) is 5.75 Å². The number of aromatic hydroxyl groups is 1. The number of anilines is 2. The molecule has 1 aromatic heterocycles. The summed E-state index contributed by atoms with van der Waals surface area (Å²) in [5.74, 6) is 1.64. The fourth-order valence-electron chi connectivity index (χ4n) is 2.97. The predicted octanol–water partition coefficient (Wildman–Crippen LogP) is 4.64. The second kappa shape index (κ2) is 12.1. The van der Waals surface area contributed by atoms with Crippen LogP contribution in [0.1, 0.15) is 42.5 Å². The van der Waals surface area contributed by atoms with Crippen LogP contribution in [0.15, 0.2) is 29.6 Å². The summed E-state index contributed by atoms with van der Waals surface area (Å²) in [7, 11) is 3.74. The number of rotatable bonds is 12. The molecule has 0 bridgehead atoms. The number of hydrogen-bond donors (Lipinski definition) is 3. The molecular formula is C23H33ClN6O2. The van der Waals surface area contributed by atoms with E-state index in [9.17, 15) is 5.11 Å². The van der Waals surface area contributed by atoms with Crippen molar-refractivity contribution in [2.24, 2.45) is 4.99 Å². The van der Waals surface area contributed by atoms with Crippen LogP contribution >= 0.6 is 11.6 Å². The zero-order valence-electron chi connectivity index (χ0n) is 19.3. The molecule has 9 heteroatoms. The van der Waals surface area contributed by atoms with Crippen molar-refractivity contribution in [1.82, 2.24) is 15.3 Å². The van der Waals surface area contributed by atoms with Gasteiger partial charge in [-0.25, -0.2) is 4.98 Å². The molecule has 0 radical (unpaired) electrons. The molecule has 0 aliphatic heterocycles. The van der Waals surface area contributed by atoms with Gasteiger partial charge in [-0.3, -0.25) is 4.99 Å². The van der Waals surface area contributed by atoms with Crippen LogP contribution in [0.25, 0.3) is 0 Å². The first-order chi connectivity index (χ1) is 15.2. The lowest BCUT2D eigenvalue weighted by Crippen LogP contribution is -2.15. The number of halogens is 1. The number of phenols is 1. The van der Waals surface area contributed by atoms with Crippen molar-refractivity contribution < 1.29 is 9.84 Å². The molecule has 0 amide bonds. The standard InChI is InChI=1S/C23H33ClN6O2/c1-15-18(20(31)11-10-19(15)24)14-27-17(3)32-13-9-7-6-8-12-26-21-16(2)28-23(30(4)5)29-22(21)25/h10-12,27,31H,3,6-9,13-14H2,1-2,4-5H3,(H2,25,28,29). The van der Waals surface area contributed by atoms with Crippen LogP contribution in [0.3, 0.4) is 0 Å². The number of nitrogens with zero attached hydrogens (tertiary/aromatic N) is 4. The first-order valence-corrected chi connectivity index (χ1v) is 10.9. The molecule has 1 aromatic carbocycles. The van der Waals surface area contributed by atoms with Gasteiger partial charge in [0.15, 0.2) is 11.7 Å². The molecule has 0 fully saturated rings. The lowest BCUT2D eigenvalue weighted by molar-refractivity contribution is 0.185. The Balaban J connectivity index is 1.65. The van der Waals surface area contributed by atoms with E-state index in [4.69, 9.17) is 22.1 Å². The molecular weight excluding hydrogens is 428 g/mol. The van der Waals surface area contributed by atoms with E-state index in [2.05, 4.69) is 26.9 Å². The van der Waals surface area contributed by atoms with E-state index in [1.165, 1.54) is 0 Å². The first kappa shape index (κ1) is 25.3. The topological polar surface area (TPSA) is 109 Å². The Morgan fingerprint density at radius 3 is 2.72 bits per heavy atom. The summed E-state index contributed by atoms with van der Waals surface area (Å²) >= 11 is 6.11. The maximum Gasteiger partial charge on any atom is 0.227 e. The van der Waals surface area contributed by atoms with Crippen LogP contribution in [-0.4, -0.2) is 42.0 Å². The lowest BCUT2D eigenvalue weighted by atomic mass is 10.1. The molecule has 1 heterocycles. The normalized spacial score (nSPS) is 11.0. The molecule has 0 saturated heterocycles. The van der Waals surface area contributed by atoms with E-state index in [0.29, 0.717) is 41.5 Å². The van der Waals surface area contributed by atoms with Crippen LogP contribution in [0.4, 0.5) is 17.5 Å². The Labute approximate surface area is 195 Å². The molecule has 0 saturated carbocycles. The van der Waals surface area contributed by atoms with E-state index < -0.39 is 0 Å². The number of benzene rings is 1. The van der Waals surface area contributed by atoms with E-state index in [1.54, 1.807) is 12.1 Å². The van der Waals surface area contributed by atoms with Crippen molar-refractivity contribution in [3.05, 3.63) is 46.4 Å². The highest BCUT2D eigenvalue weighted by molar-refractivity contribution is 6.31. The zero-order chi connectivity index (χ0) is 23.7. The van der Waals surface area contributed by atoms with Crippen molar-refractivity contribution in [2.75, 3.05) is 31.3 Å². The van der Waals surface area contributed by atoms with Gasteiger partial charge in [-0.1, -0.05) is 11.6 Å². The average Bonchev–Trinajstić information content (AvgIpc) is 2.74. The molecule has 2 rings (SSSR count). The number of ether oxygens (including phenoxy) is 1. The Morgan fingerprint density at radius 1 is 1.28 bits per heavy atom. The summed E-state index contributed by atoms with van der Waals surface area (Å²) in [4.78, 5) is 14.9. The number of nitrogens with one attached hydrogen (secondary N) is 1. The quantitative estimate of drug-likeness (QED) is 0.240. The van der Waals surface area contributed by atoms with Gasteiger partial charge < -0.3 is 25.8 Å². The third kappa shape index (κ3) is 7.30. The van der Waals surface area contributed by atoms with Crippen LogP contribution in [0.2, 0.25) is 5.02 Å². The number of aromatic nitrogens is 2. The van der Waals surface area contributed by atoms with Crippen LogP contribution in [0.5, 0.6) is 5.75 Å². The molecule has 0 spiro atoms. The van der Waals surface area contributed by atoms with Crippen LogP contribution < -0.4 is 16.0 Å². The highest BCUT2D eigenvalue weighted by Gasteiger charge is 2.10. The van der Waals surface area contributed by atoms with Gasteiger partial charge in [0.1, 0.15) is 11.4 Å². The van der Waals surface area contributed by atoms with Gasteiger partial charge in [0.05, 0.1) is 12.3 Å². The van der Waals surface area contributed by atoms with Gasteiger partial charge in [0, 0.05) is 37.4 Å². The van der Waals surface area contributed by atoms with Crippen molar-refractivity contribution >= 4 is 35.3 Å². The molecule has 0 aliphatic carbocycles. The van der Waals surface area contributed by atoms with Gasteiger partial charge in [-0.2, -0.15) is 4.98 Å². The molecule has 4 N–H and O–H groups in total. The molecule has 174 valence electrons. The van der Waals surface area contributed by atoms with Crippen LogP contribution in [0, 0.1) is 13.8 Å². The zero-order valence-corrected chi connectivity index (χ0v) is 20.0. The van der Waals surface area contributed by atoms with Gasteiger partial charge >= 0.3 is 0 Å². The molecule has 0 aliphatic rings. The van der Waals surface area contributed by atoms with Crippen molar-refractivity contribution in [1.29, 1.82) is 0 Å². The number of phenolic OH excluding ortho intramolecular Hbond substituents is 1. The second-order valence-corrected chi connectivity index (χ2v) is 8.10. The molecule has 2 aromatic rings. The predicted molar refractivity (Wildman–Crippen MR) is 132 cm³/mol. The summed E-state index contributed by atoms with van der Waals surface area (Å²) in [6.45, 7) is 8.58. The summed E-state index contributed by atoms with van der Waals surface area (Å²) in [6.07, 6.45) is 5.58. The fourth-order valence-corrected chi connectivity index (χ4v) is 3.15. The maximum atomic E-state index is 9.99. The van der Waals surface area contributed by atoms with Crippen molar-refractivity contribution in [3.8, 4) is 5.75 Å². The third-order valence-electron chi connectivity index (χ3n) is 4.92. The fraction of sp³-hybridized carbons (Fsp3) is 0.435. The van der Waals surface area contributed by atoms with E-state index in [1.807, 2.05) is 39.1 Å². The molecule has 32 heavy (non-hydrogen) atoms. The van der Waals surface area contributed by atoms with Gasteiger partial charge in [-0.15, -0.1) is 0 Å². The number of nitrogen functional groups attached to an aromatic ring is 1. The first-order valence-electron chi connectivity index (χ1n) is 10.6. The Bertz CT molecular complexity index is 939.